The van der Waals surface area contributed by atoms with Gasteiger partial charge in [0, 0.05) is 35.1 Å². The molecule has 5 rings (SSSR count). The Morgan fingerprint density at radius 1 is 0.971 bits per heavy atom. The van der Waals surface area contributed by atoms with Gasteiger partial charge in [0.1, 0.15) is 0 Å². The Balaban J connectivity index is 1.73. The molecule has 8 nitrogen and oxygen atoms in total. The lowest BCUT2D eigenvalue weighted by atomic mass is 10.0. The molecule has 0 aliphatic heterocycles. The van der Waals surface area contributed by atoms with Gasteiger partial charge in [0.2, 0.25) is 5.75 Å². The molecule has 0 aliphatic carbocycles. The van der Waals surface area contributed by atoms with Crippen LogP contribution in [0.5, 0.6) is 17.2 Å². The van der Waals surface area contributed by atoms with Crippen molar-refractivity contribution in [3.05, 3.63) is 75.9 Å². The molecule has 35 heavy (non-hydrogen) atoms. The highest BCUT2D eigenvalue weighted by atomic mass is 35.5. The summed E-state index contributed by atoms with van der Waals surface area (Å²) >= 11 is 6.08. The van der Waals surface area contributed by atoms with Crippen molar-refractivity contribution in [3.8, 4) is 34.1 Å². The SMILES string of the molecule is CCc1nn2c(ncc3c(=O)n(-c4cc(OC)c(OC)c(OC)c4)ccc32)c1-c1ccc(Cl)cc1. The highest BCUT2D eigenvalue weighted by molar-refractivity contribution is 6.30. The van der Waals surface area contributed by atoms with Gasteiger partial charge >= 0.3 is 0 Å². The smallest absolute Gasteiger partial charge is 0.266 e. The van der Waals surface area contributed by atoms with Gasteiger partial charge in [0.25, 0.3) is 5.56 Å². The molecule has 9 heteroatoms. The molecule has 2 aromatic carbocycles. The number of fused-ring (bicyclic) bond motifs is 3. The van der Waals surface area contributed by atoms with E-state index < -0.39 is 0 Å². The molecule has 0 amide bonds. The third-order valence-corrected chi connectivity index (χ3v) is 6.23. The number of nitrogens with zero attached hydrogens (tertiary/aromatic N) is 4. The molecule has 0 aliphatic rings. The summed E-state index contributed by atoms with van der Waals surface area (Å²) in [5.41, 5.74) is 4.47. The molecule has 0 atom stereocenters. The molecular weight excluding hydrogens is 468 g/mol. The van der Waals surface area contributed by atoms with Crippen molar-refractivity contribution in [1.29, 1.82) is 0 Å². The maximum atomic E-state index is 13.5. The van der Waals surface area contributed by atoms with Crippen molar-refractivity contribution in [3.63, 3.8) is 0 Å². The normalized spacial score (nSPS) is 11.2. The summed E-state index contributed by atoms with van der Waals surface area (Å²) in [4.78, 5) is 18.2. The third kappa shape index (κ3) is 3.66. The largest absolute Gasteiger partial charge is 0.493 e. The summed E-state index contributed by atoms with van der Waals surface area (Å²) in [6.45, 7) is 2.04. The van der Waals surface area contributed by atoms with Crippen molar-refractivity contribution in [2.75, 3.05) is 21.3 Å². The van der Waals surface area contributed by atoms with E-state index >= 15 is 0 Å². The number of aromatic nitrogens is 4. The molecule has 0 radical (unpaired) electrons. The van der Waals surface area contributed by atoms with Crippen LogP contribution in [-0.4, -0.2) is 40.5 Å². The standard InChI is InChI=1S/C26H23ClN4O4/c1-5-19-23(15-6-8-16(27)9-7-15)25-28-14-18-20(31(25)29-19)10-11-30(26(18)32)17-12-21(33-2)24(35-4)22(13-17)34-3/h6-14H,5H2,1-4H3. The zero-order valence-corrected chi connectivity index (χ0v) is 20.5. The maximum absolute atomic E-state index is 13.5. The molecular formula is C26H23ClN4O4. The van der Waals surface area contributed by atoms with Gasteiger partial charge in [-0.25, -0.2) is 9.50 Å². The lowest BCUT2D eigenvalue weighted by molar-refractivity contribution is 0.324. The van der Waals surface area contributed by atoms with Crippen LogP contribution in [0.2, 0.25) is 5.02 Å². The Kier molecular flexibility index (Phi) is 5.82. The van der Waals surface area contributed by atoms with E-state index in [1.54, 1.807) is 29.0 Å². The molecule has 0 saturated carbocycles. The van der Waals surface area contributed by atoms with E-state index in [1.807, 2.05) is 37.3 Å². The van der Waals surface area contributed by atoms with Crippen LogP contribution < -0.4 is 19.8 Å². The molecule has 5 aromatic rings. The van der Waals surface area contributed by atoms with Crippen molar-refractivity contribution < 1.29 is 14.2 Å². The number of aryl methyl sites for hydroxylation is 1. The minimum absolute atomic E-state index is 0.243. The Morgan fingerprint density at radius 3 is 2.26 bits per heavy atom. The highest BCUT2D eigenvalue weighted by Crippen LogP contribution is 2.39. The van der Waals surface area contributed by atoms with Gasteiger partial charge in [-0.15, -0.1) is 0 Å². The number of halogens is 1. The van der Waals surface area contributed by atoms with E-state index in [9.17, 15) is 4.79 Å². The number of hydrogen-bond donors (Lipinski definition) is 0. The monoisotopic (exact) mass is 490 g/mol. The molecule has 178 valence electrons. The summed E-state index contributed by atoms with van der Waals surface area (Å²) in [6.07, 6.45) is 4.02. The van der Waals surface area contributed by atoms with E-state index in [4.69, 9.17) is 30.9 Å². The molecule has 0 saturated heterocycles. The molecule has 0 spiro atoms. The van der Waals surface area contributed by atoms with Gasteiger partial charge in [-0.05, 0) is 30.2 Å². The summed E-state index contributed by atoms with van der Waals surface area (Å²) in [7, 11) is 4.60. The van der Waals surface area contributed by atoms with Crippen LogP contribution in [0.15, 0.2) is 59.7 Å². The molecule has 0 N–H and O–H groups in total. The number of pyridine rings is 1. The topological polar surface area (TPSA) is 79.9 Å². The average molecular weight is 491 g/mol. The Labute approximate surface area is 206 Å². The van der Waals surface area contributed by atoms with Crippen LogP contribution in [0.1, 0.15) is 12.6 Å². The van der Waals surface area contributed by atoms with Gasteiger partial charge in [-0.1, -0.05) is 30.7 Å². The summed E-state index contributed by atoms with van der Waals surface area (Å²) in [5.74, 6) is 1.36. The Bertz CT molecular complexity index is 1600. The van der Waals surface area contributed by atoms with Crippen LogP contribution in [0.3, 0.4) is 0 Å². The first-order valence-corrected chi connectivity index (χ1v) is 11.4. The second-order valence-corrected chi connectivity index (χ2v) is 8.29. The molecule has 3 aromatic heterocycles. The molecule has 0 unspecified atom stereocenters. The molecule has 3 heterocycles. The zero-order chi connectivity index (χ0) is 24.7. The first-order valence-electron chi connectivity index (χ1n) is 11.0. The van der Waals surface area contributed by atoms with E-state index in [0.717, 1.165) is 16.8 Å². The van der Waals surface area contributed by atoms with Gasteiger partial charge in [0.15, 0.2) is 17.1 Å². The second kappa shape index (κ2) is 8.96. The molecule has 0 bridgehead atoms. The second-order valence-electron chi connectivity index (χ2n) is 7.85. The number of benzene rings is 2. The minimum atomic E-state index is -0.243. The summed E-state index contributed by atoms with van der Waals surface area (Å²) in [6, 6.07) is 12.9. The first-order chi connectivity index (χ1) is 17.0. The predicted molar refractivity (Wildman–Crippen MR) is 136 cm³/mol. The van der Waals surface area contributed by atoms with E-state index in [-0.39, 0.29) is 5.56 Å². The summed E-state index contributed by atoms with van der Waals surface area (Å²) in [5, 5.41) is 5.89. The zero-order valence-electron chi connectivity index (χ0n) is 19.7. The van der Waals surface area contributed by atoms with Crippen LogP contribution in [0.25, 0.3) is 33.4 Å². The molecule has 0 fully saturated rings. The number of methoxy groups -OCH3 is 3. The van der Waals surface area contributed by atoms with E-state index in [1.165, 1.54) is 25.9 Å². The van der Waals surface area contributed by atoms with Crippen molar-refractivity contribution >= 4 is 28.2 Å². The van der Waals surface area contributed by atoms with Crippen molar-refractivity contribution in [2.24, 2.45) is 0 Å². The lowest BCUT2D eigenvalue weighted by Gasteiger charge is -2.15. The lowest BCUT2D eigenvalue weighted by Crippen LogP contribution is -2.19. The van der Waals surface area contributed by atoms with Gasteiger partial charge in [0.05, 0.1) is 43.6 Å². The Hall–Kier alpha value is -4.04. The van der Waals surface area contributed by atoms with Crippen molar-refractivity contribution in [2.45, 2.75) is 13.3 Å². The first kappa shape index (κ1) is 22.7. The third-order valence-electron chi connectivity index (χ3n) is 5.98. The average Bonchev–Trinajstić information content (AvgIpc) is 3.27. The van der Waals surface area contributed by atoms with Crippen LogP contribution in [-0.2, 0) is 6.42 Å². The fourth-order valence-corrected chi connectivity index (χ4v) is 4.41. The van der Waals surface area contributed by atoms with Gasteiger partial charge in [-0.2, -0.15) is 5.10 Å². The Morgan fingerprint density at radius 2 is 1.66 bits per heavy atom. The quantitative estimate of drug-likeness (QED) is 0.335. The van der Waals surface area contributed by atoms with Gasteiger partial charge in [-0.3, -0.25) is 9.36 Å². The number of rotatable bonds is 6. The fraction of sp³-hybridized carbons (Fsp3) is 0.192. The predicted octanol–water partition coefficient (Wildman–Crippen LogP) is 4.94. The van der Waals surface area contributed by atoms with E-state index in [2.05, 4.69) is 4.98 Å². The van der Waals surface area contributed by atoms with E-state index in [0.29, 0.717) is 50.9 Å². The van der Waals surface area contributed by atoms with Crippen LogP contribution >= 0.6 is 11.6 Å². The number of hydrogen-bond acceptors (Lipinski definition) is 6. The summed E-state index contributed by atoms with van der Waals surface area (Å²) < 4.78 is 19.5. The number of ether oxygens (including phenoxy) is 3. The maximum Gasteiger partial charge on any atom is 0.266 e. The highest BCUT2D eigenvalue weighted by Gasteiger charge is 2.19. The van der Waals surface area contributed by atoms with Crippen molar-refractivity contribution in [1.82, 2.24) is 19.2 Å². The van der Waals surface area contributed by atoms with Crippen LogP contribution in [0.4, 0.5) is 0 Å². The van der Waals surface area contributed by atoms with Crippen LogP contribution in [0, 0.1) is 0 Å². The van der Waals surface area contributed by atoms with Gasteiger partial charge < -0.3 is 14.2 Å². The fourth-order valence-electron chi connectivity index (χ4n) is 4.28. The minimum Gasteiger partial charge on any atom is -0.493 e.